The molecule has 1 aliphatic rings. The number of nitrogens with zero attached hydrogens (tertiary/aromatic N) is 1. The molecule has 0 bridgehead atoms. The molecule has 2 rings (SSSR count). The first-order chi connectivity index (χ1) is 9.43. The maximum absolute atomic E-state index is 13.4. The number of halogens is 3. The largest absolute Gasteiger partial charge is 0.363 e. The Bertz CT molecular complexity index is 456. The molecule has 0 saturated carbocycles. The Kier molecular flexibility index (Phi) is 5.16. The van der Waals surface area contributed by atoms with Crippen LogP contribution < -0.4 is 10.2 Å². The molecular weight excluding hydrogens is 298 g/mol. The second kappa shape index (κ2) is 6.50. The Hall–Kier alpha value is -0.510. The van der Waals surface area contributed by atoms with Crippen LogP contribution in [0, 0.1) is 11.7 Å². The molecule has 1 aromatic rings. The molecule has 5 heteroatoms. The van der Waals surface area contributed by atoms with Crippen molar-refractivity contribution in [3.05, 3.63) is 28.0 Å². The third-order valence-electron chi connectivity index (χ3n) is 3.96. The van der Waals surface area contributed by atoms with Gasteiger partial charge in [-0.25, -0.2) is 4.39 Å². The van der Waals surface area contributed by atoms with E-state index in [9.17, 15) is 4.39 Å². The second-order valence-corrected chi connectivity index (χ2v) is 6.51. The van der Waals surface area contributed by atoms with Gasteiger partial charge in [0.1, 0.15) is 5.82 Å². The number of anilines is 1. The molecule has 0 amide bonds. The first kappa shape index (κ1) is 15.9. The van der Waals surface area contributed by atoms with E-state index >= 15 is 0 Å². The van der Waals surface area contributed by atoms with Crippen molar-refractivity contribution in [1.82, 2.24) is 5.32 Å². The van der Waals surface area contributed by atoms with Crippen LogP contribution in [0.1, 0.15) is 27.2 Å². The van der Waals surface area contributed by atoms with Gasteiger partial charge in [0.2, 0.25) is 0 Å². The molecule has 0 aliphatic carbocycles. The number of nitrogens with one attached hydrogen (secondary N) is 1. The van der Waals surface area contributed by atoms with Crippen LogP contribution in [0.4, 0.5) is 10.1 Å². The predicted molar refractivity (Wildman–Crippen MR) is 84.5 cm³/mol. The van der Waals surface area contributed by atoms with E-state index in [4.69, 9.17) is 23.2 Å². The highest BCUT2D eigenvalue weighted by Gasteiger charge is 2.31. The summed E-state index contributed by atoms with van der Waals surface area (Å²) in [7, 11) is 0. The van der Waals surface area contributed by atoms with E-state index in [0.717, 1.165) is 25.2 Å². The van der Waals surface area contributed by atoms with Gasteiger partial charge in [0.15, 0.2) is 0 Å². The van der Waals surface area contributed by atoms with Gasteiger partial charge in [-0.1, -0.05) is 44.0 Å². The minimum atomic E-state index is -0.396. The van der Waals surface area contributed by atoms with Crippen molar-refractivity contribution in [1.29, 1.82) is 0 Å². The van der Waals surface area contributed by atoms with Gasteiger partial charge in [-0.2, -0.15) is 0 Å². The van der Waals surface area contributed by atoms with E-state index in [1.54, 1.807) is 0 Å². The van der Waals surface area contributed by atoms with Gasteiger partial charge in [-0.15, -0.1) is 0 Å². The molecule has 1 aliphatic heterocycles. The monoisotopic (exact) mass is 318 g/mol. The third kappa shape index (κ3) is 3.21. The first-order valence-corrected chi connectivity index (χ1v) is 7.84. The molecule has 1 fully saturated rings. The molecule has 0 aromatic heterocycles. The summed E-state index contributed by atoms with van der Waals surface area (Å²) in [4.78, 5) is 2.24. The van der Waals surface area contributed by atoms with Gasteiger partial charge in [-0.3, -0.25) is 0 Å². The fourth-order valence-electron chi connectivity index (χ4n) is 2.77. The standard InChI is InChI=1S/C15H21Cl2FN2/c1-4-11-8-20(14(7-19-11)9(2)3)15-12(16)5-10(18)6-13(15)17/h5-6,9,11,14,19H,4,7-8H2,1-3H3. The predicted octanol–water partition coefficient (Wildman–Crippen LogP) is 4.35. The van der Waals surface area contributed by atoms with E-state index in [1.807, 2.05) is 0 Å². The average molecular weight is 319 g/mol. The zero-order chi connectivity index (χ0) is 14.9. The Morgan fingerprint density at radius 2 is 1.95 bits per heavy atom. The van der Waals surface area contributed by atoms with Crippen molar-refractivity contribution >= 4 is 28.9 Å². The fourth-order valence-corrected chi connectivity index (χ4v) is 3.45. The molecule has 1 aromatic carbocycles. The van der Waals surface area contributed by atoms with Crippen LogP contribution in [0.2, 0.25) is 10.0 Å². The van der Waals surface area contributed by atoms with Gasteiger partial charge in [-0.05, 0) is 24.5 Å². The Morgan fingerprint density at radius 1 is 1.35 bits per heavy atom. The lowest BCUT2D eigenvalue weighted by Gasteiger charge is -2.44. The van der Waals surface area contributed by atoms with Crippen LogP contribution in [-0.4, -0.2) is 25.2 Å². The molecule has 0 spiro atoms. The molecule has 20 heavy (non-hydrogen) atoms. The van der Waals surface area contributed by atoms with Crippen molar-refractivity contribution in [2.45, 2.75) is 39.3 Å². The summed E-state index contributed by atoms with van der Waals surface area (Å²) in [6.07, 6.45) is 1.04. The molecule has 2 atom stereocenters. The Morgan fingerprint density at radius 3 is 2.45 bits per heavy atom. The smallest absolute Gasteiger partial charge is 0.126 e. The topological polar surface area (TPSA) is 15.3 Å². The number of piperazine rings is 1. The third-order valence-corrected chi connectivity index (χ3v) is 4.54. The van der Waals surface area contributed by atoms with Crippen molar-refractivity contribution in [3.8, 4) is 0 Å². The SMILES string of the molecule is CCC1CN(c2c(Cl)cc(F)cc2Cl)C(C(C)C)CN1. The lowest BCUT2D eigenvalue weighted by molar-refractivity contribution is 0.333. The van der Waals surface area contributed by atoms with Gasteiger partial charge in [0.05, 0.1) is 15.7 Å². The summed E-state index contributed by atoms with van der Waals surface area (Å²) in [5.74, 6) is 0.0597. The van der Waals surface area contributed by atoms with Crippen LogP contribution in [0.25, 0.3) is 0 Å². The van der Waals surface area contributed by atoms with Crippen LogP contribution in [0.15, 0.2) is 12.1 Å². The highest BCUT2D eigenvalue weighted by Crippen LogP contribution is 2.37. The first-order valence-electron chi connectivity index (χ1n) is 7.08. The minimum absolute atomic E-state index is 0.304. The van der Waals surface area contributed by atoms with Crippen molar-refractivity contribution in [2.24, 2.45) is 5.92 Å². The van der Waals surface area contributed by atoms with Crippen LogP contribution >= 0.6 is 23.2 Å². The average Bonchev–Trinajstić information content (AvgIpc) is 2.37. The van der Waals surface area contributed by atoms with E-state index in [2.05, 4.69) is 31.0 Å². The highest BCUT2D eigenvalue weighted by molar-refractivity contribution is 6.39. The van der Waals surface area contributed by atoms with E-state index in [0.29, 0.717) is 28.0 Å². The number of hydrogen-bond donors (Lipinski definition) is 1. The van der Waals surface area contributed by atoms with E-state index in [1.165, 1.54) is 12.1 Å². The Balaban J connectivity index is 2.40. The molecule has 112 valence electrons. The van der Waals surface area contributed by atoms with E-state index < -0.39 is 5.82 Å². The van der Waals surface area contributed by atoms with Gasteiger partial charge in [0, 0.05) is 25.2 Å². The highest BCUT2D eigenvalue weighted by atomic mass is 35.5. The Labute approximate surface area is 130 Å². The van der Waals surface area contributed by atoms with E-state index in [-0.39, 0.29) is 0 Å². The fraction of sp³-hybridized carbons (Fsp3) is 0.600. The quantitative estimate of drug-likeness (QED) is 0.891. The minimum Gasteiger partial charge on any atom is -0.363 e. The lowest BCUT2D eigenvalue weighted by atomic mass is 9.97. The summed E-state index contributed by atoms with van der Waals surface area (Å²) < 4.78 is 13.4. The molecule has 1 saturated heterocycles. The summed E-state index contributed by atoms with van der Waals surface area (Å²) in [6, 6.07) is 3.38. The van der Waals surface area contributed by atoms with Crippen molar-refractivity contribution in [2.75, 3.05) is 18.0 Å². The molecule has 1 heterocycles. The number of hydrogen-bond acceptors (Lipinski definition) is 2. The summed E-state index contributed by atoms with van der Waals surface area (Å²) in [5, 5.41) is 4.32. The maximum Gasteiger partial charge on any atom is 0.126 e. The van der Waals surface area contributed by atoms with Crippen molar-refractivity contribution in [3.63, 3.8) is 0 Å². The second-order valence-electron chi connectivity index (χ2n) is 5.70. The van der Waals surface area contributed by atoms with Gasteiger partial charge < -0.3 is 10.2 Å². The maximum atomic E-state index is 13.4. The van der Waals surface area contributed by atoms with Gasteiger partial charge in [0.25, 0.3) is 0 Å². The molecular formula is C15H21Cl2FN2. The lowest BCUT2D eigenvalue weighted by Crippen LogP contribution is -2.58. The molecule has 2 unspecified atom stereocenters. The normalized spacial score (nSPS) is 23.4. The molecule has 1 N–H and O–H groups in total. The zero-order valence-electron chi connectivity index (χ0n) is 12.1. The van der Waals surface area contributed by atoms with Gasteiger partial charge >= 0.3 is 0 Å². The number of benzene rings is 1. The van der Waals surface area contributed by atoms with Crippen LogP contribution in [-0.2, 0) is 0 Å². The number of rotatable bonds is 3. The van der Waals surface area contributed by atoms with Crippen molar-refractivity contribution < 1.29 is 4.39 Å². The van der Waals surface area contributed by atoms with Crippen LogP contribution in [0.3, 0.4) is 0 Å². The summed E-state index contributed by atoms with van der Waals surface area (Å²) in [5.41, 5.74) is 0.758. The molecule has 0 radical (unpaired) electrons. The zero-order valence-corrected chi connectivity index (χ0v) is 13.6. The summed E-state index contributed by atoms with van der Waals surface area (Å²) in [6.45, 7) is 8.23. The van der Waals surface area contributed by atoms with Crippen LogP contribution in [0.5, 0.6) is 0 Å². The molecule has 2 nitrogen and oxygen atoms in total. The summed E-state index contributed by atoms with van der Waals surface area (Å²) >= 11 is 12.5.